The monoisotopic (exact) mass is 334 g/mol. The van der Waals surface area contributed by atoms with Crippen molar-refractivity contribution in [3.8, 4) is 11.5 Å². The number of hydrogen-bond acceptors (Lipinski definition) is 3. The zero-order valence-corrected chi connectivity index (χ0v) is 14.0. The first kappa shape index (κ1) is 17.0. The zero-order chi connectivity index (χ0) is 16.8. The highest BCUT2D eigenvalue weighted by Gasteiger charge is 2.11. The molecule has 6 heteroatoms. The van der Waals surface area contributed by atoms with Crippen molar-refractivity contribution < 1.29 is 14.3 Å². The number of benzene rings is 2. The minimum Gasteiger partial charge on any atom is -0.493 e. The van der Waals surface area contributed by atoms with Crippen molar-refractivity contribution in [3.63, 3.8) is 0 Å². The number of nitrogens with one attached hydrogen (secondary N) is 2. The van der Waals surface area contributed by atoms with Crippen molar-refractivity contribution in [2.45, 2.75) is 13.0 Å². The normalized spacial score (nSPS) is 11.5. The van der Waals surface area contributed by atoms with E-state index in [2.05, 4.69) is 10.6 Å². The second kappa shape index (κ2) is 7.74. The molecule has 5 nitrogen and oxygen atoms in total. The average molecular weight is 335 g/mol. The van der Waals surface area contributed by atoms with Crippen molar-refractivity contribution in [3.05, 3.63) is 53.1 Å². The predicted octanol–water partition coefficient (Wildman–Crippen LogP) is 4.24. The van der Waals surface area contributed by atoms with E-state index in [9.17, 15) is 4.79 Å². The van der Waals surface area contributed by atoms with Crippen molar-refractivity contribution >= 4 is 23.3 Å². The van der Waals surface area contributed by atoms with Crippen LogP contribution < -0.4 is 20.1 Å². The van der Waals surface area contributed by atoms with Crippen LogP contribution in [0.4, 0.5) is 10.5 Å². The van der Waals surface area contributed by atoms with Crippen LogP contribution in [0.25, 0.3) is 0 Å². The van der Waals surface area contributed by atoms with Gasteiger partial charge in [-0.3, -0.25) is 0 Å². The maximum absolute atomic E-state index is 12.1. The second-order valence-electron chi connectivity index (χ2n) is 4.94. The minimum atomic E-state index is -0.306. The number of carbonyl (C=O) groups excluding carboxylic acids is 1. The molecule has 2 amide bonds. The molecular weight excluding hydrogens is 316 g/mol. The molecule has 0 fully saturated rings. The molecule has 0 aliphatic carbocycles. The number of amides is 2. The van der Waals surface area contributed by atoms with Crippen molar-refractivity contribution in [1.29, 1.82) is 0 Å². The Labute approximate surface area is 140 Å². The van der Waals surface area contributed by atoms with Crippen LogP contribution in [0.3, 0.4) is 0 Å². The van der Waals surface area contributed by atoms with Crippen molar-refractivity contribution in [2.24, 2.45) is 0 Å². The summed E-state index contributed by atoms with van der Waals surface area (Å²) in [6.07, 6.45) is 0. The van der Waals surface area contributed by atoms with Gasteiger partial charge < -0.3 is 20.1 Å². The molecule has 0 unspecified atom stereocenters. The standard InChI is InChI=1S/C17H19ClN2O3/c1-11(12-4-6-13(18)7-5-12)19-17(21)20-14-8-9-15(22-2)16(10-14)23-3/h4-11H,1-3H3,(H2,19,20,21)/t11-/m0/s1. The molecule has 122 valence electrons. The van der Waals surface area contributed by atoms with Crippen LogP contribution in [0.5, 0.6) is 11.5 Å². The molecule has 0 aromatic heterocycles. The van der Waals surface area contributed by atoms with Crippen LogP contribution in [0.15, 0.2) is 42.5 Å². The fourth-order valence-corrected chi connectivity index (χ4v) is 2.24. The van der Waals surface area contributed by atoms with Gasteiger partial charge in [-0.1, -0.05) is 23.7 Å². The summed E-state index contributed by atoms with van der Waals surface area (Å²) in [6.45, 7) is 1.90. The molecule has 2 N–H and O–H groups in total. The fourth-order valence-electron chi connectivity index (χ4n) is 2.11. The summed E-state index contributed by atoms with van der Waals surface area (Å²) in [7, 11) is 3.11. The van der Waals surface area contributed by atoms with Gasteiger partial charge in [0.2, 0.25) is 0 Å². The lowest BCUT2D eigenvalue weighted by molar-refractivity contribution is 0.249. The molecule has 0 radical (unpaired) electrons. The number of rotatable bonds is 5. The van der Waals surface area contributed by atoms with Gasteiger partial charge >= 0.3 is 6.03 Å². The van der Waals surface area contributed by atoms with E-state index in [1.807, 2.05) is 19.1 Å². The number of ether oxygens (including phenoxy) is 2. The van der Waals surface area contributed by atoms with E-state index in [0.717, 1.165) is 5.56 Å². The van der Waals surface area contributed by atoms with Crippen LogP contribution in [0.2, 0.25) is 5.02 Å². The van der Waals surface area contributed by atoms with Crippen LogP contribution in [0.1, 0.15) is 18.5 Å². The Morgan fingerprint density at radius 2 is 1.70 bits per heavy atom. The quantitative estimate of drug-likeness (QED) is 0.859. The molecular formula is C17H19ClN2O3. The molecule has 1 atom stereocenters. The van der Waals surface area contributed by atoms with Crippen molar-refractivity contribution in [1.82, 2.24) is 5.32 Å². The Bertz CT molecular complexity index is 674. The maximum atomic E-state index is 12.1. The van der Waals surface area contributed by atoms with E-state index < -0.39 is 0 Å². The van der Waals surface area contributed by atoms with Gasteiger partial charge in [0.1, 0.15) is 0 Å². The summed E-state index contributed by atoms with van der Waals surface area (Å²) in [5.41, 5.74) is 1.58. The van der Waals surface area contributed by atoms with Gasteiger partial charge in [0.15, 0.2) is 11.5 Å². The minimum absolute atomic E-state index is 0.146. The Morgan fingerprint density at radius 3 is 2.30 bits per heavy atom. The highest BCUT2D eigenvalue weighted by atomic mass is 35.5. The van der Waals surface area contributed by atoms with Gasteiger partial charge in [-0.25, -0.2) is 4.79 Å². The first-order valence-corrected chi connectivity index (χ1v) is 7.46. The number of urea groups is 1. The van der Waals surface area contributed by atoms with Crippen LogP contribution >= 0.6 is 11.6 Å². The smallest absolute Gasteiger partial charge is 0.319 e. The van der Waals surface area contributed by atoms with E-state index in [-0.39, 0.29) is 12.1 Å². The Morgan fingerprint density at radius 1 is 1.04 bits per heavy atom. The van der Waals surface area contributed by atoms with Gasteiger partial charge in [-0.2, -0.15) is 0 Å². The first-order chi connectivity index (χ1) is 11.0. The second-order valence-corrected chi connectivity index (χ2v) is 5.38. The van der Waals surface area contributed by atoms with E-state index in [0.29, 0.717) is 22.2 Å². The molecule has 0 spiro atoms. The van der Waals surface area contributed by atoms with Gasteiger partial charge in [0.25, 0.3) is 0 Å². The summed E-state index contributed by atoms with van der Waals surface area (Å²) >= 11 is 5.86. The highest BCUT2D eigenvalue weighted by molar-refractivity contribution is 6.30. The summed E-state index contributed by atoms with van der Waals surface area (Å²) in [6, 6.07) is 12.1. The van der Waals surface area contributed by atoms with E-state index in [1.54, 1.807) is 44.6 Å². The zero-order valence-electron chi connectivity index (χ0n) is 13.2. The van der Waals surface area contributed by atoms with Crippen LogP contribution in [-0.4, -0.2) is 20.3 Å². The third-order valence-corrected chi connectivity index (χ3v) is 3.61. The summed E-state index contributed by atoms with van der Waals surface area (Å²) in [5, 5.41) is 6.30. The highest BCUT2D eigenvalue weighted by Crippen LogP contribution is 2.29. The molecule has 2 rings (SSSR count). The molecule has 0 aliphatic heterocycles. The number of anilines is 1. The number of carbonyl (C=O) groups is 1. The summed E-state index contributed by atoms with van der Waals surface area (Å²) in [5.74, 6) is 1.16. The Hall–Kier alpha value is -2.40. The lowest BCUT2D eigenvalue weighted by Crippen LogP contribution is -2.31. The van der Waals surface area contributed by atoms with Crippen LogP contribution in [-0.2, 0) is 0 Å². The average Bonchev–Trinajstić information content (AvgIpc) is 2.55. The third kappa shape index (κ3) is 4.53. The third-order valence-electron chi connectivity index (χ3n) is 3.36. The Balaban J connectivity index is 2.00. The number of methoxy groups -OCH3 is 2. The summed E-state index contributed by atoms with van der Waals surface area (Å²) < 4.78 is 10.4. The molecule has 0 aliphatic rings. The van der Waals surface area contributed by atoms with Gasteiger partial charge in [0.05, 0.1) is 20.3 Å². The molecule has 0 saturated carbocycles. The Kier molecular flexibility index (Phi) is 5.71. The molecule has 0 saturated heterocycles. The molecule has 0 bridgehead atoms. The predicted molar refractivity (Wildman–Crippen MR) is 91.6 cm³/mol. The van der Waals surface area contributed by atoms with Gasteiger partial charge in [-0.15, -0.1) is 0 Å². The van der Waals surface area contributed by atoms with E-state index in [1.165, 1.54) is 0 Å². The number of hydrogen-bond donors (Lipinski definition) is 2. The topological polar surface area (TPSA) is 59.6 Å². The maximum Gasteiger partial charge on any atom is 0.319 e. The van der Waals surface area contributed by atoms with Gasteiger partial charge in [0, 0.05) is 16.8 Å². The first-order valence-electron chi connectivity index (χ1n) is 7.08. The van der Waals surface area contributed by atoms with Crippen LogP contribution in [0, 0.1) is 0 Å². The van der Waals surface area contributed by atoms with Crippen molar-refractivity contribution in [2.75, 3.05) is 19.5 Å². The van der Waals surface area contributed by atoms with Gasteiger partial charge in [-0.05, 0) is 36.8 Å². The van der Waals surface area contributed by atoms with E-state index in [4.69, 9.17) is 21.1 Å². The largest absolute Gasteiger partial charge is 0.493 e. The summed E-state index contributed by atoms with van der Waals surface area (Å²) in [4.78, 5) is 12.1. The lowest BCUT2D eigenvalue weighted by Gasteiger charge is -2.16. The molecule has 2 aromatic rings. The SMILES string of the molecule is COc1ccc(NC(=O)N[C@@H](C)c2ccc(Cl)cc2)cc1OC. The molecule has 23 heavy (non-hydrogen) atoms. The molecule has 0 heterocycles. The lowest BCUT2D eigenvalue weighted by atomic mass is 10.1. The fraction of sp³-hybridized carbons (Fsp3) is 0.235. The number of halogens is 1. The van der Waals surface area contributed by atoms with E-state index >= 15 is 0 Å². The molecule has 2 aromatic carbocycles.